The molecular formula is C19H24N2O3S. The van der Waals surface area contributed by atoms with E-state index in [-0.39, 0.29) is 11.9 Å². The van der Waals surface area contributed by atoms with Crippen molar-refractivity contribution in [2.75, 3.05) is 10.6 Å². The number of anilines is 1. The number of amides is 1. The molecule has 0 fully saturated rings. The van der Waals surface area contributed by atoms with Crippen molar-refractivity contribution in [3.63, 3.8) is 0 Å². The second-order valence-electron chi connectivity index (χ2n) is 5.95. The number of benzene rings is 2. The second kappa shape index (κ2) is 8.16. The Morgan fingerprint density at radius 2 is 1.56 bits per heavy atom. The predicted octanol–water partition coefficient (Wildman–Crippen LogP) is 3.11. The maximum atomic E-state index is 12.7. The minimum Gasteiger partial charge on any atom is -0.347 e. The number of para-hydroxylation sites is 1. The molecule has 2 rings (SSSR count). The zero-order chi connectivity index (χ0) is 18.4. The third kappa shape index (κ3) is 4.82. The van der Waals surface area contributed by atoms with Crippen molar-refractivity contribution in [1.82, 2.24) is 5.32 Å². The molecule has 0 unspecified atom stereocenters. The Labute approximate surface area is 149 Å². The van der Waals surface area contributed by atoms with Gasteiger partial charge in [0.1, 0.15) is 6.04 Å². The van der Waals surface area contributed by atoms with Crippen LogP contribution >= 0.6 is 0 Å². The fraction of sp³-hybridized carbons (Fsp3) is 0.316. The Hall–Kier alpha value is -2.34. The van der Waals surface area contributed by atoms with E-state index in [4.69, 9.17) is 0 Å². The van der Waals surface area contributed by atoms with Crippen molar-refractivity contribution < 1.29 is 13.2 Å². The van der Waals surface area contributed by atoms with Gasteiger partial charge in [0.2, 0.25) is 15.9 Å². The van der Waals surface area contributed by atoms with Crippen LogP contribution in [0.3, 0.4) is 0 Å². The Morgan fingerprint density at radius 3 is 2.04 bits per heavy atom. The molecule has 1 N–H and O–H groups in total. The molecular weight excluding hydrogens is 336 g/mol. The summed E-state index contributed by atoms with van der Waals surface area (Å²) in [6.45, 7) is 3.58. The number of hydrogen-bond donors (Lipinski definition) is 1. The SMILES string of the molecule is CC[C@H](NC(=O)[C@@H](C)N(c1ccccc1)S(C)(=O)=O)c1ccccc1. The zero-order valence-corrected chi connectivity index (χ0v) is 15.5. The van der Waals surface area contributed by atoms with E-state index in [0.29, 0.717) is 12.1 Å². The van der Waals surface area contributed by atoms with Gasteiger partial charge in [-0.2, -0.15) is 0 Å². The van der Waals surface area contributed by atoms with Crippen molar-refractivity contribution in [3.05, 3.63) is 66.2 Å². The standard InChI is InChI=1S/C19H24N2O3S/c1-4-18(16-11-7-5-8-12-16)20-19(22)15(2)21(25(3,23)24)17-13-9-6-10-14-17/h5-15,18H,4H2,1-3H3,(H,20,22)/t15-,18+/m1/s1. The van der Waals surface area contributed by atoms with Gasteiger partial charge in [-0.25, -0.2) is 8.42 Å². The topological polar surface area (TPSA) is 66.5 Å². The van der Waals surface area contributed by atoms with Gasteiger partial charge in [0.15, 0.2) is 0 Å². The van der Waals surface area contributed by atoms with Crippen LogP contribution < -0.4 is 9.62 Å². The van der Waals surface area contributed by atoms with Crippen LogP contribution in [0.15, 0.2) is 60.7 Å². The highest BCUT2D eigenvalue weighted by atomic mass is 32.2. The molecule has 0 radical (unpaired) electrons. The highest BCUT2D eigenvalue weighted by Gasteiger charge is 2.30. The van der Waals surface area contributed by atoms with Gasteiger partial charge in [0.05, 0.1) is 18.0 Å². The number of carbonyl (C=O) groups excluding carboxylic acids is 1. The summed E-state index contributed by atoms with van der Waals surface area (Å²) in [5.74, 6) is -0.329. The van der Waals surface area contributed by atoms with Crippen molar-refractivity contribution in [1.29, 1.82) is 0 Å². The lowest BCUT2D eigenvalue weighted by Gasteiger charge is -2.29. The first-order valence-corrected chi connectivity index (χ1v) is 10.1. The lowest BCUT2D eigenvalue weighted by molar-refractivity contribution is -0.122. The molecule has 0 aliphatic heterocycles. The molecule has 2 atom stereocenters. The van der Waals surface area contributed by atoms with Gasteiger partial charge in [0, 0.05) is 0 Å². The van der Waals surface area contributed by atoms with Gasteiger partial charge in [-0.15, -0.1) is 0 Å². The van der Waals surface area contributed by atoms with E-state index in [9.17, 15) is 13.2 Å². The van der Waals surface area contributed by atoms with Gasteiger partial charge in [-0.1, -0.05) is 55.5 Å². The Bertz CT molecular complexity index is 792. The first kappa shape index (κ1) is 19.0. The molecule has 2 aromatic rings. The van der Waals surface area contributed by atoms with E-state index in [0.717, 1.165) is 16.1 Å². The molecule has 6 heteroatoms. The molecule has 0 aliphatic rings. The third-order valence-corrected chi connectivity index (χ3v) is 5.27. The molecule has 0 heterocycles. The summed E-state index contributed by atoms with van der Waals surface area (Å²) < 4.78 is 25.7. The number of carbonyl (C=O) groups is 1. The monoisotopic (exact) mass is 360 g/mol. The third-order valence-electron chi connectivity index (χ3n) is 4.03. The average Bonchev–Trinajstić information content (AvgIpc) is 2.60. The number of hydrogen-bond acceptors (Lipinski definition) is 3. The maximum Gasteiger partial charge on any atom is 0.244 e. The lowest BCUT2D eigenvalue weighted by atomic mass is 10.0. The van der Waals surface area contributed by atoms with Crippen molar-refractivity contribution in [2.24, 2.45) is 0 Å². The molecule has 0 saturated carbocycles. The average molecular weight is 360 g/mol. The highest BCUT2D eigenvalue weighted by molar-refractivity contribution is 7.92. The van der Waals surface area contributed by atoms with E-state index in [1.54, 1.807) is 37.3 Å². The van der Waals surface area contributed by atoms with Crippen molar-refractivity contribution in [2.45, 2.75) is 32.4 Å². The van der Waals surface area contributed by atoms with Gasteiger partial charge >= 0.3 is 0 Å². The first-order valence-electron chi connectivity index (χ1n) is 8.24. The molecule has 0 aliphatic carbocycles. The maximum absolute atomic E-state index is 12.7. The summed E-state index contributed by atoms with van der Waals surface area (Å²) >= 11 is 0. The van der Waals surface area contributed by atoms with Gasteiger partial charge < -0.3 is 5.32 Å². The largest absolute Gasteiger partial charge is 0.347 e. The van der Waals surface area contributed by atoms with Crippen LogP contribution in [0.25, 0.3) is 0 Å². The molecule has 5 nitrogen and oxygen atoms in total. The van der Waals surface area contributed by atoms with E-state index in [1.807, 2.05) is 37.3 Å². The Balaban J connectivity index is 2.24. The fourth-order valence-corrected chi connectivity index (χ4v) is 3.96. The van der Waals surface area contributed by atoms with Crippen LogP contribution in [0.5, 0.6) is 0 Å². The molecule has 2 aromatic carbocycles. The van der Waals surface area contributed by atoms with Gasteiger partial charge in [0.25, 0.3) is 0 Å². The van der Waals surface area contributed by atoms with Crippen LogP contribution in [0.4, 0.5) is 5.69 Å². The summed E-state index contributed by atoms with van der Waals surface area (Å²) in [6, 6.07) is 17.3. The predicted molar refractivity (Wildman–Crippen MR) is 101 cm³/mol. The number of nitrogens with one attached hydrogen (secondary N) is 1. The molecule has 0 aromatic heterocycles. The molecule has 0 spiro atoms. The summed E-state index contributed by atoms with van der Waals surface area (Å²) in [6.07, 6.45) is 1.82. The van der Waals surface area contributed by atoms with Crippen molar-refractivity contribution in [3.8, 4) is 0 Å². The Kier molecular flexibility index (Phi) is 6.20. The van der Waals surface area contributed by atoms with Crippen LogP contribution in [0, 0.1) is 0 Å². The number of sulfonamides is 1. The summed E-state index contributed by atoms with van der Waals surface area (Å²) in [5, 5.41) is 2.96. The van der Waals surface area contributed by atoms with E-state index in [1.165, 1.54) is 0 Å². The van der Waals surface area contributed by atoms with E-state index < -0.39 is 16.1 Å². The van der Waals surface area contributed by atoms with Crippen molar-refractivity contribution >= 4 is 21.6 Å². The lowest BCUT2D eigenvalue weighted by Crippen LogP contribution is -2.48. The highest BCUT2D eigenvalue weighted by Crippen LogP contribution is 2.22. The molecule has 1 amide bonds. The quantitative estimate of drug-likeness (QED) is 0.825. The molecule has 134 valence electrons. The van der Waals surface area contributed by atoms with Crippen LogP contribution in [0.2, 0.25) is 0 Å². The summed E-state index contributed by atoms with van der Waals surface area (Å²) in [4.78, 5) is 12.7. The first-order chi connectivity index (χ1) is 11.8. The van der Waals surface area contributed by atoms with E-state index in [2.05, 4.69) is 5.32 Å². The number of rotatable bonds is 7. The van der Waals surface area contributed by atoms with Crippen LogP contribution in [-0.4, -0.2) is 26.6 Å². The van der Waals surface area contributed by atoms with Gasteiger partial charge in [-0.3, -0.25) is 9.10 Å². The van der Waals surface area contributed by atoms with Crippen LogP contribution in [0.1, 0.15) is 31.9 Å². The smallest absolute Gasteiger partial charge is 0.244 e. The summed E-state index contributed by atoms with van der Waals surface area (Å²) in [7, 11) is -3.60. The van der Waals surface area contributed by atoms with E-state index >= 15 is 0 Å². The number of nitrogens with zero attached hydrogens (tertiary/aromatic N) is 1. The molecule has 0 saturated heterocycles. The summed E-state index contributed by atoms with van der Waals surface area (Å²) in [5.41, 5.74) is 1.47. The van der Waals surface area contributed by atoms with Gasteiger partial charge in [-0.05, 0) is 31.0 Å². The normalized spacial score (nSPS) is 13.7. The molecule has 0 bridgehead atoms. The zero-order valence-electron chi connectivity index (χ0n) is 14.7. The fourth-order valence-electron chi connectivity index (χ4n) is 2.78. The Morgan fingerprint density at radius 1 is 1.04 bits per heavy atom. The van der Waals surface area contributed by atoms with Crippen LogP contribution in [-0.2, 0) is 14.8 Å². The second-order valence-corrected chi connectivity index (χ2v) is 7.81. The minimum absolute atomic E-state index is 0.159. The minimum atomic E-state index is -3.60. The molecule has 25 heavy (non-hydrogen) atoms.